The summed E-state index contributed by atoms with van der Waals surface area (Å²) in [5.74, 6) is 2.57. The summed E-state index contributed by atoms with van der Waals surface area (Å²) in [6.45, 7) is 9.93. The number of hydrogen-bond donors (Lipinski definition) is 1. The Labute approximate surface area is 132 Å². The van der Waals surface area contributed by atoms with Gasteiger partial charge in [0.2, 0.25) is 0 Å². The maximum absolute atomic E-state index is 4.51. The van der Waals surface area contributed by atoms with Gasteiger partial charge in [-0.25, -0.2) is 4.98 Å². The smallest absolute Gasteiger partial charge is 0.193 e. The van der Waals surface area contributed by atoms with E-state index in [-0.39, 0.29) is 0 Å². The lowest BCUT2D eigenvalue weighted by atomic mass is 9.92. The highest BCUT2D eigenvalue weighted by molar-refractivity contribution is 7.09. The van der Waals surface area contributed by atoms with E-state index in [1.54, 1.807) is 11.3 Å². The Kier molecular flexibility index (Phi) is 6.03. The minimum absolute atomic E-state index is 0.755. The molecule has 2 atom stereocenters. The van der Waals surface area contributed by atoms with E-state index < -0.39 is 0 Å². The Bertz CT molecular complexity index is 459. The topological polar surface area (TPSA) is 40.5 Å². The predicted molar refractivity (Wildman–Crippen MR) is 91.1 cm³/mol. The van der Waals surface area contributed by atoms with Crippen LogP contribution in [0.15, 0.2) is 10.4 Å². The van der Waals surface area contributed by atoms with Gasteiger partial charge >= 0.3 is 0 Å². The van der Waals surface area contributed by atoms with Gasteiger partial charge in [0.1, 0.15) is 0 Å². The number of rotatable bonds is 4. The molecule has 2 unspecified atom stereocenters. The van der Waals surface area contributed by atoms with Crippen LogP contribution in [0.5, 0.6) is 0 Å². The second-order valence-electron chi connectivity index (χ2n) is 6.31. The van der Waals surface area contributed by atoms with Gasteiger partial charge in [-0.2, -0.15) is 0 Å². The number of thiazole rings is 1. The first-order valence-electron chi connectivity index (χ1n) is 7.95. The SMILES string of the molecule is CN=C(NCCCc1nc(C)cs1)N1CC(C)CC(C)C1. The van der Waals surface area contributed by atoms with Crippen LogP contribution in [0, 0.1) is 18.8 Å². The van der Waals surface area contributed by atoms with Crippen molar-refractivity contribution in [3.63, 3.8) is 0 Å². The summed E-state index contributed by atoms with van der Waals surface area (Å²) in [6.07, 6.45) is 3.48. The molecular formula is C16H28N4S. The second kappa shape index (κ2) is 7.78. The van der Waals surface area contributed by atoms with Gasteiger partial charge in [0.05, 0.1) is 5.01 Å². The second-order valence-corrected chi connectivity index (χ2v) is 7.25. The van der Waals surface area contributed by atoms with Crippen molar-refractivity contribution in [1.29, 1.82) is 0 Å². The minimum atomic E-state index is 0.755. The zero-order valence-electron chi connectivity index (χ0n) is 13.7. The molecule has 0 aliphatic carbocycles. The fourth-order valence-corrected chi connectivity index (χ4v) is 3.94. The Hall–Kier alpha value is -1.10. The molecule has 0 radical (unpaired) electrons. The number of guanidine groups is 1. The Morgan fingerprint density at radius 3 is 2.71 bits per heavy atom. The van der Waals surface area contributed by atoms with Crippen molar-refractivity contribution in [3.8, 4) is 0 Å². The highest BCUT2D eigenvalue weighted by atomic mass is 32.1. The van der Waals surface area contributed by atoms with E-state index in [2.05, 4.69) is 46.3 Å². The van der Waals surface area contributed by atoms with Crippen LogP contribution < -0.4 is 5.32 Å². The molecule has 0 spiro atoms. The van der Waals surface area contributed by atoms with E-state index in [4.69, 9.17) is 0 Å². The molecule has 1 aliphatic rings. The average Bonchev–Trinajstić information content (AvgIpc) is 2.83. The Morgan fingerprint density at radius 1 is 1.43 bits per heavy atom. The number of nitrogens with one attached hydrogen (secondary N) is 1. The van der Waals surface area contributed by atoms with Crippen LogP contribution in [0.4, 0.5) is 0 Å². The number of hydrogen-bond acceptors (Lipinski definition) is 3. The first kappa shape index (κ1) is 16.3. The summed E-state index contributed by atoms with van der Waals surface area (Å²) in [5, 5.41) is 6.87. The molecule has 5 heteroatoms. The highest BCUT2D eigenvalue weighted by Gasteiger charge is 2.23. The highest BCUT2D eigenvalue weighted by Crippen LogP contribution is 2.20. The molecule has 1 saturated heterocycles. The maximum Gasteiger partial charge on any atom is 0.193 e. The van der Waals surface area contributed by atoms with Crippen LogP contribution in [0.2, 0.25) is 0 Å². The van der Waals surface area contributed by atoms with Crippen molar-refractivity contribution in [3.05, 3.63) is 16.1 Å². The van der Waals surface area contributed by atoms with Gasteiger partial charge in [-0.1, -0.05) is 13.8 Å². The molecule has 118 valence electrons. The van der Waals surface area contributed by atoms with Gasteiger partial charge in [0.15, 0.2) is 5.96 Å². The average molecular weight is 308 g/mol. The van der Waals surface area contributed by atoms with Crippen molar-refractivity contribution in [2.45, 2.75) is 40.0 Å². The maximum atomic E-state index is 4.51. The van der Waals surface area contributed by atoms with E-state index in [0.29, 0.717) is 0 Å². The third-order valence-corrected chi connectivity index (χ3v) is 4.92. The van der Waals surface area contributed by atoms with Crippen LogP contribution in [0.1, 0.15) is 37.4 Å². The van der Waals surface area contributed by atoms with E-state index in [0.717, 1.165) is 56.0 Å². The quantitative estimate of drug-likeness (QED) is 0.528. The molecule has 0 saturated carbocycles. The summed E-state index contributed by atoms with van der Waals surface area (Å²) >= 11 is 1.76. The van der Waals surface area contributed by atoms with Gasteiger partial charge in [-0.05, 0) is 31.6 Å². The monoisotopic (exact) mass is 308 g/mol. The van der Waals surface area contributed by atoms with Crippen LogP contribution in [0.25, 0.3) is 0 Å². The van der Waals surface area contributed by atoms with Gasteiger partial charge in [0, 0.05) is 44.2 Å². The number of nitrogens with zero attached hydrogens (tertiary/aromatic N) is 3. The molecule has 4 nitrogen and oxygen atoms in total. The fraction of sp³-hybridized carbons (Fsp3) is 0.750. The standard InChI is InChI=1S/C16H28N4S/c1-12-8-13(2)10-20(9-12)16(17-4)18-7-5-6-15-19-14(3)11-21-15/h11-13H,5-10H2,1-4H3,(H,17,18). The minimum Gasteiger partial charge on any atom is -0.356 e. The summed E-state index contributed by atoms with van der Waals surface area (Å²) in [6, 6.07) is 0. The number of likely N-dealkylation sites (tertiary alicyclic amines) is 1. The molecule has 1 aromatic rings. The van der Waals surface area contributed by atoms with Gasteiger partial charge in [0.25, 0.3) is 0 Å². The molecule has 0 aromatic carbocycles. The molecule has 21 heavy (non-hydrogen) atoms. The molecule has 0 bridgehead atoms. The van der Waals surface area contributed by atoms with Crippen LogP contribution in [-0.2, 0) is 6.42 Å². The van der Waals surface area contributed by atoms with Gasteiger partial charge < -0.3 is 10.2 Å². The van der Waals surface area contributed by atoms with Crippen molar-refractivity contribution < 1.29 is 0 Å². The normalized spacial score (nSPS) is 23.4. The lowest BCUT2D eigenvalue weighted by Crippen LogP contribution is -2.48. The zero-order valence-corrected chi connectivity index (χ0v) is 14.5. The molecule has 1 fully saturated rings. The first-order chi connectivity index (χ1) is 10.1. The number of piperidine rings is 1. The lowest BCUT2D eigenvalue weighted by Gasteiger charge is -2.37. The third-order valence-electron chi connectivity index (χ3n) is 3.90. The Morgan fingerprint density at radius 2 is 2.14 bits per heavy atom. The predicted octanol–water partition coefficient (Wildman–Crippen LogP) is 2.94. The third kappa shape index (κ3) is 4.99. The van der Waals surface area contributed by atoms with Crippen LogP contribution in [0.3, 0.4) is 0 Å². The molecule has 1 aromatic heterocycles. The summed E-state index contributed by atoms with van der Waals surface area (Å²) in [5.41, 5.74) is 1.13. The molecular weight excluding hydrogens is 280 g/mol. The van der Waals surface area contributed by atoms with E-state index >= 15 is 0 Å². The largest absolute Gasteiger partial charge is 0.356 e. The Balaban J connectivity index is 1.75. The van der Waals surface area contributed by atoms with E-state index in [9.17, 15) is 0 Å². The van der Waals surface area contributed by atoms with Crippen molar-refractivity contribution >= 4 is 17.3 Å². The van der Waals surface area contributed by atoms with Crippen molar-refractivity contribution in [2.24, 2.45) is 16.8 Å². The van der Waals surface area contributed by atoms with Crippen molar-refractivity contribution in [1.82, 2.24) is 15.2 Å². The van der Waals surface area contributed by atoms with Gasteiger partial charge in [-0.15, -0.1) is 11.3 Å². The molecule has 2 heterocycles. The molecule has 0 amide bonds. The fourth-order valence-electron chi connectivity index (χ4n) is 3.13. The summed E-state index contributed by atoms with van der Waals surface area (Å²) in [4.78, 5) is 11.4. The van der Waals surface area contributed by atoms with Crippen LogP contribution in [-0.4, -0.2) is 42.5 Å². The molecule has 2 rings (SSSR count). The summed E-state index contributed by atoms with van der Waals surface area (Å²) < 4.78 is 0. The van der Waals surface area contributed by atoms with E-state index in [1.807, 2.05) is 7.05 Å². The first-order valence-corrected chi connectivity index (χ1v) is 8.83. The number of aryl methyl sites for hydroxylation is 2. The van der Waals surface area contributed by atoms with Crippen molar-refractivity contribution in [2.75, 3.05) is 26.7 Å². The molecule has 1 N–H and O–H groups in total. The number of aliphatic imine (C=N–C) groups is 1. The number of aromatic nitrogens is 1. The lowest BCUT2D eigenvalue weighted by molar-refractivity contribution is 0.208. The molecule has 1 aliphatic heterocycles. The van der Waals surface area contributed by atoms with Gasteiger partial charge in [-0.3, -0.25) is 4.99 Å². The summed E-state index contributed by atoms with van der Waals surface area (Å²) in [7, 11) is 1.89. The van der Waals surface area contributed by atoms with E-state index in [1.165, 1.54) is 11.4 Å². The zero-order chi connectivity index (χ0) is 15.2. The van der Waals surface area contributed by atoms with Crippen LogP contribution >= 0.6 is 11.3 Å².